The van der Waals surface area contributed by atoms with Gasteiger partial charge in [-0.2, -0.15) is 9.97 Å². The van der Waals surface area contributed by atoms with Gasteiger partial charge in [-0.1, -0.05) is 6.92 Å². The molecule has 1 saturated heterocycles. The zero-order chi connectivity index (χ0) is 15.1. The zero-order valence-electron chi connectivity index (χ0n) is 11.3. The van der Waals surface area contributed by atoms with E-state index in [0.29, 0.717) is 17.6 Å². The fourth-order valence-electron chi connectivity index (χ4n) is 2.65. The molecule has 1 aliphatic rings. The fraction of sp³-hybridized carbons (Fsp3) is 0.583. The topological polar surface area (TPSA) is 119 Å². The maximum Gasteiger partial charge on any atom is 0.226 e. The van der Waals surface area contributed by atoms with Crippen LogP contribution in [0.2, 0.25) is 5.28 Å². The van der Waals surface area contributed by atoms with Gasteiger partial charge in [-0.15, -0.1) is 0 Å². The molecule has 4 atom stereocenters. The Labute approximate surface area is 125 Å². The van der Waals surface area contributed by atoms with E-state index in [1.807, 2.05) is 6.92 Å². The molecule has 3 rings (SSSR count). The number of nitrogens with two attached hydrogens (primary N) is 1. The van der Waals surface area contributed by atoms with Crippen molar-refractivity contribution in [1.82, 2.24) is 19.5 Å². The van der Waals surface area contributed by atoms with E-state index in [9.17, 15) is 10.2 Å². The smallest absolute Gasteiger partial charge is 0.226 e. The van der Waals surface area contributed by atoms with E-state index in [0.717, 1.165) is 0 Å². The number of hydrogen-bond acceptors (Lipinski definition) is 7. The molecule has 0 aromatic carbocycles. The number of anilines is 1. The summed E-state index contributed by atoms with van der Waals surface area (Å²) in [4.78, 5) is 12.2. The van der Waals surface area contributed by atoms with Crippen molar-refractivity contribution >= 4 is 28.6 Å². The molecule has 0 radical (unpaired) electrons. The van der Waals surface area contributed by atoms with Gasteiger partial charge < -0.3 is 20.7 Å². The molecule has 0 amide bonds. The monoisotopic (exact) mass is 313 g/mol. The summed E-state index contributed by atoms with van der Waals surface area (Å²) in [6.45, 7) is 1.69. The summed E-state index contributed by atoms with van der Waals surface area (Å²) in [7, 11) is 0. The predicted octanol–water partition coefficient (Wildman–Crippen LogP) is 0.339. The summed E-state index contributed by atoms with van der Waals surface area (Å²) in [6, 6.07) is 0. The number of aliphatic hydroxyl groups excluding tert-OH is 2. The lowest BCUT2D eigenvalue weighted by Crippen LogP contribution is -2.43. The van der Waals surface area contributed by atoms with Crippen LogP contribution >= 0.6 is 11.6 Å². The molecule has 3 heterocycles. The molecule has 1 fully saturated rings. The number of fused-ring (bicyclic) bond motifs is 1. The summed E-state index contributed by atoms with van der Waals surface area (Å²) in [5.74, 6) is 0.209. The molecular formula is C12H16ClN5O3. The lowest BCUT2D eigenvalue weighted by atomic mass is 9.95. The number of imidazole rings is 1. The number of aromatic nitrogens is 4. The molecule has 114 valence electrons. The number of nitrogen functional groups attached to an aromatic ring is 1. The molecule has 2 aromatic heterocycles. The summed E-state index contributed by atoms with van der Waals surface area (Å²) >= 11 is 5.84. The Morgan fingerprint density at radius 2 is 2.29 bits per heavy atom. The molecule has 0 saturated carbocycles. The minimum absolute atomic E-state index is 0.00941. The van der Waals surface area contributed by atoms with Gasteiger partial charge in [0, 0.05) is 5.92 Å². The maximum absolute atomic E-state index is 9.88. The first-order chi connectivity index (χ1) is 10.0. The molecule has 8 nitrogen and oxygen atoms in total. The third kappa shape index (κ3) is 2.44. The molecule has 9 heteroatoms. The van der Waals surface area contributed by atoms with Crippen LogP contribution in [0.5, 0.6) is 0 Å². The van der Waals surface area contributed by atoms with Crippen LogP contribution in [0.4, 0.5) is 5.82 Å². The van der Waals surface area contributed by atoms with Crippen LogP contribution in [-0.4, -0.2) is 48.5 Å². The third-order valence-corrected chi connectivity index (χ3v) is 3.89. The predicted molar refractivity (Wildman–Crippen MR) is 75.5 cm³/mol. The Bertz CT molecular complexity index is 664. The molecule has 0 spiro atoms. The van der Waals surface area contributed by atoms with Crippen molar-refractivity contribution in [3.05, 3.63) is 11.6 Å². The molecule has 2 aromatic rings. The van der Waals surface area contributed by atoms with Crippen LogP contribution in [0.3, 0.4) is 0 Å². The van der Waals surface area contributed by atoms with Crippen molar-refractivity contribution < 1.29 is 14.9 Å². The van der Waals surface area contributed by atoms with Gasteiger partial charge in [0.15, 0.2) is 11.5 Å². The van der Waals surface area contributed by atoms with Crippen molar-refractivity contribution in [1.29, 1.82) is 0 Å². The molecule has 0 bridgehead atoms. The SMILES string of the molecule is CC1C[C@@H](O)[C@@H](CO)OC1n1cnc2c(N)nc(Cl)nc21. The maximum atomic E-state index is 9.88. The van der Waals surface area contributed by atoms with E-state index in [2.05, 4.69) is 15.0 Å². The van der Waals surface area contributed by atoms with Gasteiger partial charge in [-0.25, -0.2) is 4.98 Å². The zero-order valence-corrected chi connectivity index (χ0v) is 12.1. The van der Waals surface area contributed by atoms with E-state index in [-0.39, 0.29) is 23.6 Å². The Morgan fingerprint density at radius 3 is 3.00 bits per heavy atom. The number of ether oxygens (including phenoxy) is 1. The van der Waals surface area contributed by atoms with Crippen LogP contribution in [0.15, 0.2) is 6.33 Å². The van der Waals surface area contributed by atoms with Gasteiger partial charge in [0.05, 0.1) is 19.0 Å². The first-order valence-corrected chi connectivity index (χ1v) is 6.99. The highest BCUT2D eigenvalue weighted by Gasteiger charge is 2.36. The largest absolute Gasteiger partial charge is 0.394 e. The second-order valence-electron chi connectivity index (χ2n) is 5.23. The quantitative estimate of drug-likeness (QED) is 0.684. The average molecular weight is 314 g/mol. The third-order valence-electron chi connectivity index (χ3n) is 3.72. The summed E-state index contributed by atoms with van der Waals surface area (Å²) in [5, 5.41) is 19.2. The van der Waals surface area contributed by atoms with Crippen LogP contribution in [0.25, 0.3) is 11.2 Å². The van der Waals surface area contributed by atoms with Crippen molar-refractivity contribution in [3.63, 3.8) is 0 Å². The Hall–Kier alpha value is -1.48. The Balaban J connectivity index is 2.03. The summed E-state index contributed by atoms with van der Waals surface area (Å²) < 4.78 is 7.48. The van der Waals surface area contributed by atoms with Crippen molar-refractivity contribution in [2.45, 2.75) is 31.8 Å². The lowest BCUT2D eigenvalue weighted by molar-refractivity contribution is -0.181. The fourth-order valence-corrected chi connectivity index (χ4v) is 2.83. The van der Waals surface area contributed by atoms with Gasteiger partial charge in [0.1, 0.15) is 17.8 Å². The van der Waals surface area contributed by atoms with Gasteiger partial charge in [-0.3, -0.25) is 4.57 Å². The highest BCUT2D eigenvalue weighted by Crippen LogP contribution is 2.34. The van der Waals surface area contributed by atoms with Crippen LogP contribution in [0, 0.1) is 5.92 Å². The first-order valence-electron chi connectivity index (χ1n) is 6.61. The number of halogens is 1. The second-order valence-corrected chi connectivity index (χ2v) is 5.57. The molecule has 1 aliphatic heterocycles. The van der Waals surface area contributed by atoms with E-state index in [1.165, 1.54) is 0 Å². The average Bonchev–Trinajstić information content (AvgIpc) is 2.83. The standard InChI is InChI=1S/C12H16ClN5O3/c1-5-2-6(20)7(3-19)21-11(5)18-4-15-8-9(14)16-12(13)17-10(8)18/h4-7,11,19-20H,2-3H2,1H3,(H2,14,16,17)/t5?,6-,7-,11?/m1/s1. The number of nitrogens with zero attached hydrogens (tertiary/aromatic N) is 4. The minimum atomic E-state index is -0.695. The first kappa shape index (κ1) is 14.5. The lowest BCUT2D eigenvalue weighted by Gasteiger charge is -2.37. The molecule has 2 unspecified atom stereocenters. The number of hydrogen-bond donors (Lipinski definition) is 3. The van der Waals surface area contributed by atoms with Crippen molar-refractivity contribution in [2.75, 3.05) is 12.3 Å². The van der Waals surface area contributed by atoms with E-state index in [4.69, 9.17) is 22.1 Å². The molecule has 0 aliphatic carbocycles. The summed E-state index contributed by atoms with van der Waals surface area (Å²) in [6.07, 6.45) is 0.307. The minimum Gasteiger partial charge on any atom is -0.394 e. The number of rotatable bonds is 2. The van der Waals surface area contributed by atoms with Crippen molar-refractivity contribution in [3.8, 4) is 0 Å². The van der Waals surface area contributed by atoms with Crippen LogP contribution in [-0.2, 0) is 4.74 Å². The molecule has 21 heavy (non-hydrogen) atoms. The Kier molecular flexibility index (Phi) is 3.70. The van der Waals surface area contributed by atoms with Crippen LogP contribution < -0.4 is 5.73 Å². The van der Waals surface area contributed by atoms with E-state index in [1.54, 1.807) is 10.9 Å². The van der Waals surface area contributed by atoms with Crippen LogP contribution in [0.1, 0.15) is 19.6 Å². The van der Waals surface area contributed by atoms with Gasteiger partial charge in [0.2, 0.25) is 5.28 Å². The van der Waals surface area contributed by atoms with E-state index >= 15 is 0 Å². The number of aliphatic hydroxyl groups is 2. The van der Waals surface area contributed by atoms with Gasteiger partial charge >= 0.3 is 0 Å². The molecule has 4 N–H and O–H groups in total. The highest BCUT2D eigenvalue weighted by molar-refractivity contribution is 6.28. The van der Waals surface area contributed by atoms with Crippen molar-refractivity contribution in [2.24, 2.45) is 5.92 Å². The normalized spacial score (nSPS) is 29.9. The van der Waals surface area contributed by atoms with Gasteiger partial charge in [0.25, 0.3) is 0 Å². The van der Waals surface area contributed by atoms with Gasteiger partial charge in [-0.05, 0) is 18.0 Å². The summed E-state index contributed by atoms with van der Waals surface area (Å²) in [5.41, 5.74) is 6.69. The Morgan fingerprint density at radius 1 is 1.52 bits per heavy atom. The molecular weight excluding hydrogens is 298 g/mol. The highest BCUT2D eigenvalue weighted by atomic mass is 35.5. The second kappa shape index (κ2) is 5.38. The van der Waals surface area contributed by atoms with E-state index < -0.39 is 18.4 Å².